The van der Waals surface area contributed by atoms with Crippen LogP contribution < -0.4 is 0 Å². The molecule has 0 unspecified atom stereocenters. The van der Waals surface area contributed by atoms with E-state index in [1.165, 1.54) is 22.7 Å². The van der Waals surface area contributed by atoms with Crippen LogP contribution >= 0.6 is 22.7 Å². The minimum atomic E-state index is 0.320. The minimum Gasteiger partial charge on any atom is -0.453 e. The Balaban J connectivity index is 2.27. The van der Waals surface area contributed by atoms with E-state index in [9.17, 15) is 9.59 Å². The van der Waals surface area contributed by atoms with Gasteiger partial charge < -0.3 is 4.42 Å². The lowest BCUT2D eigenvalue weighted by atomic mass is 10.1. The monoisotopic (exact) mass is 288 g/mol. The van der Waals surface area contributed by atoms with E-state index in [-0.39, 0.29) is 0 Å². The summed E-state index contributed by atoms with van der Waals surface area (Å²) in [7, 11) is 0. The predicted octanol–water partition coefficient (Wildman–Crippen LogP) is 4.36. The first-order valence-electron chi connectivity index (χ1n) is 5.50. The van der Waals surface area contributed by atoms with Gasteiger partial charge in [0, 0.05) is 0 Å². The molecule has 5 heteroatoms. The molecule has 0 aliphatic rings. The lowest BCUT2D eigenvalue weighted by Crippen LogP contribution is -1.87. The Bertz CT molecular complexity index is 646. The van der Waals surface area contributed by atoms with Gasteiger partial charge in [0.05, 0.1) is 20.9 Å². The van der Waals surface area contributed by atoms with Crippen LogP contribution in [0, 0.1) is 0 Å². The maximum atomic E-state index is 11.3. The highest BCUT2D eigenvalue weighted by atomic mass is 32.1. The largest absolute Gasteiger partial charge is 0.453 e. The molecule has 0 saturated heterocycles. The molecule has 0 spiro atoms. The Morgan fingerprint density at radius 1 is 0.842 bits per heavy atom. The molecule has 0 amide bonds. The fraction of sp³-hybridized carbons (Fsp3) is 0. The summed E-state index contributed by atoms with van der Waals surface area (Å²) < 4.78 is 5.77. The van der Waals surface area contributed by atoms with Gasteiger partial charge in [-0.15, -0.1) is 22.7 Å². The predicted molar refractivity (Wildman–Crippen MR) is 76.1 cm³/mol. The average Bonchev–Trinajstić information content (AvgIpc) is 3.16. The summed E-state index contributed by atoms with van der Waals surface area (Å²) in [5.41, 5.74) is 0.640. The highest BCUT2D eigenvalue weighted by Crippen LogP contribution is 2.38. The van der Waals surface area contributed by atoms with Crippen LogP contribution in [-0.2, 0) is 0 Å². The van der Waals surface area contributed by atoms with Crippen LogP contribution in [0.2, 0.25) is 0 Å². The molecule has 3 nitrogen and oxygen atoms in total. The number of aldehydes is 2. The smallest absolute Gasteiger partial charge is 0.156 e. The maximum absolute atomic E-state index is 11.3. The Labute approximate surface area is 117 Å². The molecule has 3 aromatic rings. The molecule has 3 heterocycles. The zero-order valence-electron chi connectivity index (χ0n) is 9.66. The lowest BCUT2D eigenvalue weighted by molar-refractivity contribution is 0.109. The fourth-order valence-corrected chi connectivity index (χ4v) is 3.31. The van der Waals surface area contributed by atoms with Gasteiger partial charge in [-0.3, -0.25) is 9.59 Å². The standard InChI is InChI=1S/C14H8O3S2/c15-7-9-10(8-16)14(12-4-2-6-19-12)17-13(9)11-3-1-5-18-11/h1-8H. The Kier molecular flexibility index (Phi) is 3.15. The van der Waals surface area contributed by atoms with E-state index in [4.69, 9.17) is 4.42 Å². The van der Waals surface area contributed by atoms with E-state index < -0.39 is 0 Å². The van der Waals surface area contributed by atoms with Crippen LogP contribution in [0.25, 0.3) is 21.3 Å². The molecule has 94 valence electrons. The molecular formula is C14H8O3S2. The number of hydrogen-bond donors (Lipinski definition) is 0. The molecule has 0 fully saturated rings. The van der Waals surface area contributed by atoms with Crippen LogP contribution in [0.4, 0.5) is 0 Å². The third kappa shape index (κ3) is 1.97. The first-order valence-corrected chi connectivity index (χ1v) is 7.26. The summed E-state index contributed by atoms with van der Waals surface area (Å²) in [4.78, 5) is 24.2. The van der Waals surface area contributed by atoms with Crippen molar-refractivity contribution in [2.75, 3.05) is 0 Å². The molecule has 0 aromatic carbocycles. The topological polar surface area (TPSA) is 47.3 Å². The van der Waals surface area contributed by atoms with Crippen molar-refractivity contribution in [3.63, 3.8) is 0 Å². The summed E-state index contributed by atoms with van der Waals surface area (Å²) in [6.07, 6.45) is 1.36. The molecule has 0 atom stereocenters. The van der Waals surface area contributed by atoms with Gasteiger partial charge in [-0.2, -0.15) is 0 Å². The number of carbonyl (C=O) groups excluding carboxylic acids is 2. The van der Waals surface area contributed by atoms with Crippen molar-refractivity contribution < 1.29 is 14.0 Å². The summed E-state index contributed by atoms with van der Waals surface area (Å²) in [6.45, 7) is 0. The van der Waals surface area contributed by atoms with Crippen molar-refractivity contribution >= 4 is 35.2 Å². The maximum Gasteiger partial charge on any atom is 0.156 e. The van der Waals surface area contributed by atoms with Gasteiger partial charge in [-0.1, -0.05) is 12.1 Å². The summed E-state index contributed by atoms with van der Waals surface area (Å²) in [5.74, 6) is 0.936. The van der Waals surface area contributed by atoms with Gasteiger partial charge >= 0.3 is 0 Å². The number of rotatable bonds is 4. The summed E-state index contributed by atoms with van der Waals surface area (Å²) >= 11 is 2.94. The van der Waals surface area contributed by atoms with E-state index in [1.54, 1.807) is 0 Å². The van der Waals surface area contributed by atoms with Crippen molar-refractivity contribution in [1.29, 1.82) is 0 Å². The van der Waals surface area contributed by atoms with Gasteiger partial charge in [0.15, 0.2) is 24.1 Å². The number of hydrogen-bond acceptors (Lipinski definition) is 5. The van der Waals surface area contributed by atoms with Gasteiger partial charge in [0.1, 0.15) is 0 Å². The van der Waals surface area contributed by atoms with Crippen molar-refractivity contribution in [2.24, 2.45) is 0 Å². The third-order valence-electron chi connectivity index (χ3n) is 2.71. The van der Waals surface area contributed by atoms with Gasteiger partial charge in [-0.25, -0.2) is 0 Å². The molecule has 3 rings (SSSR count). The zero-order chi connectivity index (χ0) is 13.2. The molecule has 0 aliphatic heterocycles. The Morgan fingerprint density at radius 3 is 1.63 bits per heavy atom. The van der Waals surface area contributed by atoms with Crippen LogP contribution in [0.1, 0.15) is 20.7 Å². The first kappa shape index (κ1) is 12.1. The number of furan rings is 1. The third-order valence-corrected chi connectivity index (χ3v) is 4.45. The molecule has 3 aromatic heterocycles. The zero-order valence-corrected chi connectivity index (χ0v) is 11.3. The normalized spacial score (nSPS) is 10.5. The molecule has 19 heavy (non-hydrogen) atoms. The highest BCUT2D eigenvalue weighted by Gasteiger charge is 2.22. The Hall–Kier alpha value is -1.98. The summed E-state index contributed by atoms with van der Waals surface area (Å²) in [6, 6.07) is 7.48. The minimum absolute atomic E-state index is 0.320. The van der Waals surface area contributed by atoms with E-state index in [0.29, 0.717) is 35.2 Å². The van der Waals surface area contributed by atoms with E-state index in [2.05, 4.69) is 0 Å². The van der Waals surface area contributed by atoms with E-state index in [1.807, 2.05) is 35.0 Å². The first-order chi connectivity index (χ1) is 9.35. The second-order valence-electron chi connectivity index (χ2n) is 3.78. The van der Waals surface area contributed by atoms with Crippen LogP contribution in [0.3, 0.4) is 0 Å². The molecule has 0 N–H and O–H groups in total. The summed E-state index contributed by atoms with van der Waals surface area (Å²) in [5, 5.41) is 3.80. The highest BCUT2D eigenvalue weighted by molar-refractivity contribution is 7.14. The van der Waals surface area contributed by atoms with Gasteiger partial charge in [-0.05, 0) is 22.9 Å². The second kappa shape index (κ2) is 4.95. The van der Waals surface area contributed by atoms with Crippen molar-refractivity contribution in [1.82, 2.24) is 0 Å². The van der Waals surface area contributed by atoms with Crippen LogP contribution in [0.15, 0.2) is 39.4 Å². The van der Waals surface area contributed by atoms with Gasteiger partial charge in [0.25, 0.3) is 0 Å². The molecule has 0 saturated carbocycles. The molecule has 0 bridgehead atoms. The van der Waals surface area contributed by atoms with Crippen molar-refractivity contribution in [3.05, 3.63) is 46.2 Å². The van der Waals surface area contributed by atoms with Gasteiger partial charge in [0.2, 0.25) is 0 Å². The van der Waals surface area contributed by atoms with Crippen LogP contribution in [-0.4, -0.2) is 12.6 Å². The fourth-order valence-electron chi connectivity index (χ4n) is 1.87. The number of carbonyl (C=O) groups is 2. The molecule has 0 radical (unpaired) electrons. The SMILES string of the molecule is O=Cc1c(-c2cccs2)oc(-c2cccs2)c1C=O. The van der Waals surface area contributed by atoms with Crippen molar-refractivity contribution in [2.45, 2.75) is 0 Å². The molecular weight excluding hydrogens is 280 g/mol. The van der Waals surface area contributed by atoms with E-state index in [0.717, 1.165) is 9.75 Å². The molecule has 0 aliphatic carbocycles. The van der Waals surface area contributed by atoms with Crippen LogP contribution in [0.5, 0.6) is 0 Å². The van der Waals surface area contributed by atoms with Crippen molar-refractivity contribution in [3.8, 4) is 21.3 Å². The van der Waals surface area contributed by atoms with E-state index >= 15 is 0 Å². The quantitative estimate of drug-likeness (QED) is 0.670. The number of thiophene rings is 2. The second-order valence-corrected chi connectivity index (χ2v) is 5.67. The Morgan fingerprint density at radius 2 is 1.32 bits per heavy atom. The lowest BCUT2D eigenvalue weighted by Gasteiger charge is -1.92. The average molecular weight is 288 g/mol.